The number of hydrogen-bond donors (Lipinski definition) is 1. The Bertz CT molecular complexity index is 1150. The number of aryl methyl sites for hydroxylation is 4. The molecule has 31 heavy (non-hydrogen) atoms. The van der Waals surface area contributed by atoms with E-state index in [9.17, 15) is 9.59 Å². The fraction of sp³-hybridized carbons (Fsp3) is 0.478. The molecular weight excluding hydrogens is 410 g/mol. The third kappa shape index (κ3) is 4.49. The van der Waals surface area contributed by atoms with Gasteiger partial charge in [0.25, 0.3) is 5.56 Å². The number of piperidine rings is 1. The third-order valence-electron chi connectivity index (χ3n) is 5.86. The van der Waals surface area contributed by atoms with Crippen molar-refractivity contribution in [3.8, 4) is 0 Å². The van der Waals surface area contributed by atoms with Gasteiger partial charge in [0, 0.05) is 36.5 Å². The number of aromatic nitrogens is 3. The standard InChI is InChI=1S/C23H29N5O2S/c1-5-6-18-13-19(29)28-22(24-18)31-23(26-28)27-9-7-17(8-10-27)21(30)25-20-15(3)11-14(2)12-16(20)4/h11-13,17H,5-10H2,1-4H3,(H,25,30). The zero-order valence-corrected chi connectivity index (χ0v) is 19.4. The lowest BCUT2D eigenvalue weighted by Crippen LogP contribution is -2.38. The van der Waals surface area contributed by atoms with Gasteiger partial charge in [0.15, 0.2) is 0 Å². The van der Waals surface area contributed by atoms with E-state index < -0.39 is 0 Å². The van der Waals surface area contributed by atoms with Gasteiger partial charge in [-0.15, -0.1) is 5.10 Å². The number of hydrogen-bond acceptors (Lipinski definition) is 6. The number of anilines is 2. The summed E-state index contributed by atoms with van der Waals surface area (Å²) >= 11 is 1.44. The Morgan fingerprint density at radius 3 is 2.48 bits per heavy atom. The summed E-state index contributed by atoms with van der Waals surface area (Å²) in [7, 11) is 0. The number of benzene rings is 1. The van der Waals surface area contributed by atoms with E-state index in [0.29, 0.717) is 4.96 Å². The van der Waals surface area contributed by atoms with Crippen molar-refractivity contribution in [3.63, 3.8) is 0 Å². The zero-order valence-electron chi connectivity index (χ0n) is 18.6. The van der Waals surface area contributed by atoms with Gasteiger partial charge in [-0.05, 0) is 51.2 Å². The lowest BCUT2D eigenvalue weighted by atomic mass is 9.95. The Morgan fingerprint density at radius 1 is 1.16 bits per heavy atom. The Balaban J connectivity index is 1.43. The van der Waals surface area contributed by atoms with Crippen LogP contribution in [-0.4, -0.2) is 33.6 Å². The summed E-state index contributed by atoms with van der Waals surface area (Å²) in [5.41, 5.74) is 5.01. The molecule has 0 saturated carbocycles. The number of amides is 1. The molecule has 8 heteroatoms. The van der Waals surface area contributed by atoms with Gasteiger partial charge in [-0.3, -0.25) is 9.59 Å². The predicted octanol–water partition coefficient (Wildman–Crippen LogP) is 3.88. The summed E-state index contributed by atoms with van der Waals surface area (Å²) in [6.45, 7) is 9.68. The number of carbonyl (C=O) groups is 1. The van der Waals surface area contributed by atoms with E-state index in [0.717, 1.165) is 66.4 Å². The molecule has 0 aliphatic carbocycles. The second-order valence-electron chi connectivity index (χ2n) is 8.44. The van der Waals surface area contributed by atoms with Crippen LogP contribution in [0.1, 0.15) is 48.6 Å². The van der Waals surface area contributed by atoms with Crippen molar-refractivity contribution in [1.29, 1.82) is 0 Å². The molecule has 3 aromatic rings. The van der Waals surface area contributed by atoms with Gasteiger partial charge in [0.2, 0.25) is 16.0 Å². The number of fused-ring (bicyclic) bond motifs is 1. The maximum Gasteiger partial charge on any atom is 0.275 e. The molecular formula is C23H29N5O2S. The molecule has 0 radical (unpaired) electrons. The van der Waals surface area contributed by atoms with E-state index in [-0.39, 0.29) is 17.4 Å². The highest BCUT2D eigenvalue weighted by molar-refractivity contribution is 7.20. The molecule has 4 rings (SSSR count). The summed E-state index contributed by atoms with van der Waals surface area (Å²) in [6.07, 6.45) is 3.26. The normalized spacial score (nSPS) is 14.9. The van der Waals surface area contributed by atoms with Crippen LogP contribution in [0.4, 0.5) is 10.8 Å². The van der Waals surface area contributed by atoms with Gasteiger partial charge in [-0.25, -0.2) is 4.98 Å². The average molecular weight is 440 g/mol. The van der Waals surface area contributed by atoms with Crippen molar-refractivity contribution in [2.24, 2.45) is 5.92 Å². The largest absolute Gasteiger partial charge is 0.347 e. The Labute approximate surface area is 186 Å². The minimum absolute atomic E-state index is 0.0252. The van der Waals surface area contributed by atoms with Crippen LogP contribution in [0.2, 0.25) is 0 Å². The molecule has 0 bridgehead atoms. The molecule has 0 spiro atoms. The van der Waals surface area contributed by atoms with Crippen molar-refractivity contribution in [2.45, 2.75) is 53.4 Å². The summed E-state index contributed by atoms with van der Waals surface area (Å²) in [6, 6.07) is 5.77. The van der Waals surface area contributed by atoms with Crippen LogP contribution in [0.25, 0.3) is 4.96 Å². The zero-order chi connectivity index (χ0) is 22.1. The van der Waals surface area contributed by atoms with E-state index in [4.69, 9.17) is 0 Å². The first-order valence-corrected chi connectivity index (χ1v) is 11.7. The van der Waals surface area contributed by atoms with Gasteiger partial charge in [0.05, 0.1) is 0 Å². The van der Waals surface area contributed by atoms with Crippen molar-refractivity contribution in [3.05, 3.63) is 50.9 Å². The molecule has 0 unspecified atom stereocenters. The smallest absolute Gasteiger partial charge is 0.275 e. The number of carbonyl (C=O) groups excluding carboxylic acids is 1. The first-order valence-electron chi connectivity index (χ1n) is 10.9. The van der Waals surface area contributed by atoms with Crippen molar-refractivity contribution >= 4 is 33.0 Å². The van der Waals surface area contributed by atoms with Crippen molar-refractivity contribution in [1.82, 2.24) is 14.6 Å². The lowest BCUT2D eigenvalue weighted by molar-refractivity contribution is -0.120. The van der Waals surface area contributed by atoms with Crippen molar-refractivity contribution in [2.75, 3.05) is 23.3 Å². The number of nitrogens with one attached hydrogen (secondary N) is 1. The van der Waals surface area contributed by atoms with E-state index in [1.165, 1.54) is 21.4 Å². The maximum absolute atomic E-state index is 12.9. The second-order valence-corrected chi connectivity index (χ2v) is 9.37. The molecule has 1 saturated heterocycles. The first-order chi connectivity index (χ1) is 14.9. The van der Waals surface area contributed by atoms with Crippen LogP contribution in [0.3, 0.4) is 0 Å². The molecule has 1 aliphatic rings. The third-order valence-corrected chi connectivity index (χ3v) is 6.82. The van der Waals surface area contributed by atoms with Gasteiger partial charge in [-0.2, -0.15) is 4.52 Å². The molecule has 164 valence electrons. The molecule has 1 fully saturated rings. The summed E-state index contributed by atoms with van der Waals surface area (Å²) in [5.74, 6) is 0.0591. The molecule has 3 heterocycles. The topological polar surface area (TPSA) is 79.6 Å². The van der Waals surface area contributed by atoms with E-state index in [2.05, 4.69) is 46.3 Å². The molecule has 7 nitrogen and oxygen atoms in total. The van der Waals surface area contributed by atoms with Crippen LogP contribution in [0, 0.1) is 26.7 Å². The lowest BCUT2D eigenvalue weighted by Gasteiger charge is -2.31. The first kappa shape index (κ1) is 21.5. The Morgan fingerprint density at radius 2 is 1.84 bits per heavy atom. The van der Waals surface area contributed by atoms with Crippen LogP contribution < -0.4 is 15.8 Å². The quantitative estimate of drug-likeness (QED) is 0.653. The Hall–Kier alpha value is -2.74. The summed E-state index contributed by atoms with van der Waals surface area (Å²) in [5, 5.41) is 8.44. The molecule has 1 aromatic carbocycles. The minimum Gasteiger partial charge on any atom is -0.347 e. The van der Waals surface area contributed by atoms with Gasteiger partial charge >= 0.3 is 0 Å². The van der Waals surface area contributed by atoms with E-state index in [1.54, 1.807) is 6.07 Å². The van der Waals surface area contributed by atoms with Gasteiger partial charge in [-0.1, -0.05) is 42.4 Å². The summed E-state index contributed by atoms with van der Waals surface area (Å²) in [4.78, 5) is 32.6. The van der Waals surface area contributed by atoms with E-state index >= 15 is 0 Å². The molecule has 1 aliphatic heterocycles. The molecule has 0 atom stereocenters. The number of nitrogens with zero attached hydrogens (tertiary/aromatic N) is 4. The van der Waals surface area contributed by atoms with Crippen LogP contribution >= 0.6 is 11.3 Å². The molecule has 1 N–H and O–H groups in total. The second kappa shape index (κ2) is 8.78. The molecule has 1 amide bonds. The Kier molecular flexibility index (Phi) is 6.09. The monoisotopic (exact) mass is 439 g/mol. The summed E-state index contributed by atoms with van der Waals surface area (Å²) < 4.78 is 1.39. The molecule has 2 aromatic heterocycles. The predicted molar refractivity (Wildman–Crippen MR) is 125 cm³/mol. The van der Waals surface area contributed by atoms with Crippen molar-refractivity contribution < 1.29 is 4.79 Å². The van der Waals surface area contributed by atoms with Gasteiger partial charge in [0.1, 0.15) is 0 Å². The highest BCUT2D eigenvalue weighted by atomic mass is 32.1. The average Bonchev–Trinajstić information content (AvgIpc) is 3.16. The fourth-order valence-electron chi connectivity index (χ4n) is 4.29. The fourth-order valence-corrected chi connectivity index (χ4v) is 5.27. The van der Waals surface area contributed by atoms with E-state index in [1.807, 2.05) is 13.8 Å². The maximum atomic E-state index is 12.9. The SMILES string of the molecule is CCCc1cc(=O)n2nc(N3CCC(C(=O)Nc4c(C)cc(C)cc4C)CC3)sc2n1. The number of rotatable bonds is 5. The van der Waals surface area contributed by atoms with Gasteiger partial charge < -0.3 is 10.2 Å². The highest BCUT2D eigenvalue weighted by Gasteiger charge is 2.27. The van der Waals surface area contributed by atoms with Crippen LogP contribution in [0.15, 0.2) is 23.0 Å². The highest BCUT2D eigenvalue weighted by Crippen LogP contribution is 2.29. The van der Waals surface area contributed by atoms with Crippen LogP contribution in [0.5, 0.6) is 0 Å². The van der Waals surface area contributed by atoms with Crippen LogP contribution in [-0.2, 0) is 11.2 Å². The minimum atomic E-state index is -0.131.